The molecule has 2 aromatic carbocycles. The van der Waals surface area contributed by atoms with E-state index in [0.717, 1.165) is 0 Å². The van der Waals surface area contributed by atoms with Crippen LogP contribution in [0.15, 0.2) is 35.0 Å². The zero-order chi connectivity index (χ0) is 15.0. The monoisotopic (exact) mass is 284 g/mol. The maximum absolute atomic E-state index is 10.9. The zero-order valence-electron chi connectivity index (χ0n) is 10.7. The molecule has 0 fully saturated rings. The van der Waals surface area contributed by atoms with Gasteiger partial charge in [-0.05, 0) is 47.1 Å². The van der Waals surface area contributed by atoms with E-state index in [4.69, 9.17) is 5.73 Å². The van der Waals surface area contributed by atoms with Crippen molar-refractivity contribution < 1.29 is 9.55 Å². The molecule has 0 saturated heterocycles. The quantitative estimate of drug-likeness (QED) is 0.431. The third kappa shape index (κ3) is 2.22. The van der Waals surface area contributed by atoms with Gasteiger partial charge >= 0.3 is 5.69 Å². The van der Waals surface area contributed by atoms with Gasteiger partial charge in [-0.1, -0.05) is 0 Å². The summed E-state index contributed by atoms with van der Waals surface area (Å²) in [6.07, 6.45) is 0. The van der Waals surface area contributed by atoms with E-state index in [1.165, 1.54) is 6.07 Å². The van der Waals surface area contributed by atoms with Crippen molar-refractivity contribution in [3.05, 3.63) is 52.9 Å². The van der Waals surface area contributed by atoms with Crippen molar-refractivity contribution >= 4 is 33.8 Å². The molecule has 0 spiro atoms. The van der Waals surface area contributed by atoms with Crippen molar-refractivity contribution in [2.24, 2.45) is 0 Å². The number of nitro groups is 1. The van der Waals surface area contributed by atoms with Crippen molar-refractivity contribution in [2.75, 3.05) is 11.1 Å². The van der Waals surface area contributed by atoms with E-state index in [9.17, 15) is 10.1 Å². The second kappa shape index (κ2) is 4.75. The van der Waals surface area contributed by atoms with Crippen LogP contribution in [-0.2, 0) is 0 Å². The van der Waals surface area contributed by atoms with Crippen LogP contribution in [0.5, 0.6) is 0 Å². The molecule has 0 amide bonds. The highest BCUT2D eigenvalue weighted by Gasteiger charge is 2.19. The maximum atomic E-state index is 10.9. The normalized spacial score (nSPS) is 10.7. The Morgan fingerprint density at radius 3 is 2.62 bits per heavy atom. The van der Waals surface area contributed by atoms with E-state index in [1.807, 2.05) is 0 Å². The molecule has 0 saturated carbocycles. The first-order valence-corrected chi connectivity index (χ1v) is 5.94. The first-order valence-electron chi connectivity index (χ1n) is 5.94. The molecule has 1 radical (unpaired) electrons. The summed E-state index contributed by atoms with van der Waals surface area (Å²) < 4.78 is 4.60. The molecular weight excluding hydrogens is 274 g/mol. The molecule has 0 aliphatic heterocycles. The third-order valence-corrected chi connectivity index (χ3v) is 2.99. The number of benzene rings is 2. The number of nitrogen functional groups attached to an aromatic ring is 1. The average molecular weight is 284 g/mol. The highest BCUT2D eigenvalue weighted by molar-refractivity contribution is 5.95. The molecule has 1 heterocycles. The first kappa shape index (κ1) is 12.9. The number of hydrogen-bond acceptors (Lipinski definition) is 7. The van der Waals surface area contributed by atoms with Crippen molar-refractivity contribution in [2.45, 2.75) is 0 Å². The van der Waals surface area contributed by atoms with Gasteiger partial charge in [0.05, 0.1) is 10.6 Å². The van der Waals surface area contributed by atoms with Gasteiger partial charge in [-0.25, -0.2) is 4.63 Å². The van der Waals surface area contributed by atoms with E-state index in [1.54, 1.807) is 24.3 Å². The van der Waals surface area contributed by atoms with E-state index < -0.39 is 4.92 Å². The summed E-state index contributed by atoms with van der Waals surface area (Å²) in [5.41, 5.74) is 8.41. The van der Waals surface area contributed by atoms with Crippen LogP contribution < -0.4 is 11.1 Å². The van der Waals surface area contributed by atoms with E-state index in [2.05, 4.69) is 27.2 Å². The summed E-state index contributed by atoms with van der Waals surface area (Å²) in [6.45, 7) is 3.88. The van der Waals surface area contributed by atoms with Crippen LogP contribution in [0.3, 0.4) is 0 Å². The van der Waals surface area contributed by atoms with Crippen LogP contribution in [0.1, 0.15) is 5.56 Å². The molecule has 0 unspecified atom stereocenters. The number of hydrogen-bond donors (Lipinski definition) is 2. The Bertz CT molecular complexity index is 843. The lowest BCUT2D eigenvalue weighted by molar-refractivity contribution is -0.383. The van der Waals surface area contributed by atoms with Gasteiger partial charge in [0.1, 0.15) is 0 Å². The molecule has 3 N–H and O–H groups in total. The van der Waals surface area contributed by atoms with Crippen LogP contribution in [0.2, 0.25) is 0 Å². The smallest absolute Gasteiger partial charge is 0.300 e. The largest absolute Gasteiger partial charge is 0.399 e. The van der Waals surface area contributed by atoms with Gasteiger partial charge in [0, 0.05) is 17.4 Å². The lowest BCUT2D eigenvalue weighted by Crippen LogP contribution is -1.97. The predicted molar refractivity (Wildman–Crippen MR) is 77.1 cm³/mol. The Labute approximate surface area is 118 Å². The molecule has 21 heavy (non-hydrogen) atoms. The fourth-order valence-corrected chi connectivity index (χ4v) is 1.98. The molecule has 8 nitrogen and oxygen atoms in total. The van der Waals surface area contributed by atoms with E-state index in [0.29, 0.717) is 22.6 Å². The van der Waals surface area contributed by atoms with Gasteiger partial charge in [-0.2, -0.15) is 0 Å². The molecule has 3 rings (SSSR count). The van der Waals surface area contributed by atoms with Crippen LogP contribution in [-0.4, -0.2) is 15.2 Å². The molecule has 0 atom stereocenters. The van der Waals surface area contributed by atoms with Gasteiger partial charge in [-0.15, -0.1) is 0 Å². The number of fused-ring (bicyclic) bond motifs is 1. The zero-order valence-corrected chi connectivity index (χ0v) is 10.7. The number of nitrogens with two attached hydrogens (primary N) is 1. The number of aromatic nitrogens is 2. The van der Waals surface area contributed by atoms with E-state index >= 15 is 0 Å². The summed E-state index contributed by atoms with van der Waals surface area (Å²) in [4.78, 5) is 10.4. The summed E-state index contributed by atoms with van der Waals surface area (Å²) in [5.74, 6) is 0. The summed E-state index contributed by atoms with van der Waals surface area (Å²) in [7, 11) is 0. The topological polar surface area (TPSA) is 120 Å². The second-order valence-corrected chi connectivity index (χ2v) is 4.39. The summed E-state index contributed by atoms with van der Waals surface area (Å²) >= 11 is 0. The fraction of sp³-hybridized carbons (Fsp3) is 0. The Morgan fingerprint density at radius 2 is 1.90 bits per heavy atom. The van der Waals surface area contributed by atoms with Gasteiger partial charge in [0.25, 0.3) is 0 Å². The van der Waals surface area contributed by atoms with Crippen LogP contribution >= 0.6 is 0 Å². The van der Waals surface area contributed by atoms with Crippen molar-refractivity contribution in [3.8, 4) is 0 Å². The van der Waals surface area contributed by atoms with Crippen LogP contribution in [0.4, 0.5) is 22.7 Å². The second-order valence-electron chi connectivity index (χ2n) is 4.39. The fourth-order valence-electron chi connectivity index (χ4n) is 1.98. The number of non-ortho nitro benzene ring substituents is 1. The molecule has 105 valence electrons. The van der Waals surface area contributed by atoms with E-state index in [-0.39, 0.29) is 16.7 Å². The minimum atomic E-state index is -0.535. The number of rotatable bonds is 3. The molecular formula is C13H10N5O3. The summed E-state index contributed by atoms with van der Waals surface area (Å²) in [5, 5.41) is 21.3. The standard InChI is InChI=1S/C13H10N5O3/c1-7-6-8(14)2-3-9(7)15-10-4-5-11(18(19)20)13-12(10)16-21-17-13/h2-6,15H,1,14H2. The molecule has 0 bridgehead atoms. The first-order chi connectivity index (χ1) is 10.1. The van der Waals surface area contributed by atoms with Crippen molar-refractivity contribution in [1.29, 1.82) is 0 Å². The maximum Gasteiger partial charge on any atom is 0.300 e. The Morgan fingerprint density at radius 1 is 1.19 bits per heavy atom. The molecule has 1 aromatic heterocycles. The molecule has 0 aliphatic rings. The average Bonchev–Trinajstić information content (AvgIpc) is 2.91. The number of nitrogens with one attached hydrogen (secondary N) is 1. The molecule has 0 aliphatic carbocycles. The predicted octanol–water partition coefficient (Wildman–Crippen LogP) is 2.64. The van der Waals surface area contributed by atoms with Crippen molar-refractivity contribution in [3.63, 3.8) is 0 Å². The third-order valence-electron chi connectivity index (χ3n) is 2.99. The van der Waals surface area contributed by atoms with Gasteiger partial charge < -0.3 is 11.1 Å². The number of anilines is 3. The summed E-state index contributed by atoms with van der Waals surface area (Å²) in [6, 6.07) is 8.08. The van der Waals surface area contributed by atoms with Gasteiger partial charge in [0.2, 0.25) is 5.52 Å². The molecule has 3 aromatic rings. The van der Waals surface area contributed by atoms with Gasteiger partial charge in [-0.3, -0.25) is 10.1 Å². The SMILES string of the molecule is [CH2]c1cc(N)ccc1Nc1ccc([N+](=O)[O-])c2nonc12. The molecule has 8 heteroatoms. The minimum Gasteiger partial charge on any atom is -0.399 e. The highest BCUT2D eigenvalue weighted by atomic mass is 16.6. The highest BCUT2D eigenvalue weighted by Crippen LogP contribution is 2.31. The minimum absolute atomic E-state index is 0.0889. The Balaban J connectivity index is 2.07. The van der Waals surface area contributed by atoms with Gasteiger partial charge in [0.15, 0.2) is 5.52 Å². The number of nitrogens with zero attached hydrogens (tertiary/aromatic N) is 3. The van der Waals surface area contributed by atoms with Crippen molar-refractivity contribution in [1.82, 2.24) is 10.3 Å². The Kier molecular flexibility index (Phi) is 2.90. The number of nitro benzene ring substituents is 1. The Hall–Kier alpha value is -3.16. The lowest BCUT2D eigenvalue weighted by atomic mass is 10.1. The van der Waals surface area contributed by atoms with Crippen LogP contribution in [0.25, 0.3) is 11.0 Å². The lowest BCUT2D eigenvalue weighted by Gasteiger charge is -2.10. The van der Waals surface area contributed by atoms with Crippen LogP contribution in [0, 0.1) is 17.0 Å².